The Morgan fingerprint density at radius 2 is 1.95 bits per heavy atom. The number of carbonyl (C=O) groups is 1. The van der Waals surface area contributed by atoms with Crippen molar-refractivity contribution < 1.29 is 14.6 Å². The maximum absolute atomic E-state index is 12.4. The summed E-state index contributed by atoms with van der Waals surface area (Å²) in [7, 11) is 1.69. The van der Waals surface area contributed by atoms with E-state index in [4.69, 9.17) is 4.74 Å². The number of imidazole rings is 1. The first-order chi connectivity index (χ1) is 19.0. The van der Waals surface area contributed by atoms with Crippen molar-refractivity contribution in [2.75, 3.05) is 39.8 Å². The molecule has 6 rings (SSSR count). The van der Waals surface area contributed by atoms with Crippen molar-refractivity contribution in [3.05, 3.63) is 65.6 Å². The molecule has 7 heteroatoms. The van der Waals surface area contributed by atoms with E-state index in [9.17, 15) is 9.90 Å². The summed E-state index contributed by atoms with van der Waals surface area (Å²) in [5.74, 6) is 2.09. The number of hydrogen-bond donors (Lipinski definition) is 1. The number of aryl methyl sites for hydroxylation is 1. The highest BCUT2D eigenvalue weighted by Gasteiger charge is 2.41. The number of piperidine rings is 1. The van der Waals surface area contributed by atoms with Crippen LogP contribution in [0.1, 0.15) is 67.2 Å². The number of pyridine rings is 1. The zero-order valence-electron chi connectivity index (χ0n) is 23.3. The molecule has 3 aliphatic rings. The van der Waals surface area contributed by atoms with Gasteiger partial charge >= 0.3 is 5.97 Å². The van der Waals surface area contributed by atoms with Crippen molar-refractivity contribution in [2.24, 2.45) is 11.8 Å². The quantitative estimate of drug-likeness (QED) is 0.411. The predicted octanol–water partition coefficient (Wildman–Crippen LogP) is 5.19. The van der Waals surface area contributed by atoms with Crippen molar-refractivity contribution in [1.29, 1.82) is 0 Å². The van der Waals surface area contributed by atoms with Gasteiger partial charge in [-0.1, -0.05) is 49.1 Å². The monoisotopic (exact) mass is 530 g/mol. The topological polar surface area (TPSA) is 70.3 Å². The Kier molecular flexibility index (Phi) is 7.63. The van der Waals surface area contributed by atoms with E-state index in [0.717, 1.165) is 63.4 Å². The number of carboxylic acid groups (broad SMARTS) is 1. The zero-order valence-corrected chi connectivity index (χ0v) is 23.3. The molecular formula is C32H42N4O3. The summed E-state index contributed by atoms with van der Waals surface area (Å²) < 4.78 is 7.58. The normalized spacial score (nSPS) is 24.2. The van der Waals surface area contributed by atoms with Crippen LogP contribution in [-0.2, 0) is 4.79 Å². The van der Waals surface area contributed by atoms with Crippen LogP contribution in [0.3, 0.4) is 0 Å². The molecule has 0 amide bonds. The van der Waals surface area contributed by atoms with Gasteiger partial charge in [0.1, 0.15) is 17.4 Å². The number of aromatic nitrogens is 2. The van der Waals surface area contributed by atoms with Gasteiger partial charge in [-0.15, -0.1) is 0 Å². The molecule has 3 fully saturated rings. The Balaban J connectivity index is 1.14. The molecule has 208 valence electrons. The number of fused-ring (bicyclic) bond motifs is 1. The predicted molar refractivity (Wildman–Crippen MR) is 153 cm³/mol. The Hall–Kier alpha value is -2.90. The van der Waals surface area contributed by atoms with Crippen LogP contribution in [0.15, 0.2) is 48.8 Å². The van der Waals surface area contributed by atoms with Crippen molar-refractivity contribution in [3.63, 3.8) is 0 Å². The van der Waals surface area contributed by atoms with Crippen LogP contribution in [0.5, 0.6) is 5.75 Å². The average Bonchev–Trinajstić information content (AvgIpc) is 3.52. The van der Waals surface area contributed by atoms with Crippen LogP contribution >= 0.6 is 0 Å². The molecule has 0 radical (unpaired) electrons. The summed E-state index contributed by atoms with van der Waals surface area (Å²) in [6.45, 7) is 7.03. The smallest absolute Gasteiger partial charge is 0.320 e. The molecule has 3 aromatic rings. The molecule has 2 saturated heterocycles. The molecule has 1 aromatic carbocycles. The molecule has 0 unspecified atom stereocenters. The van der Waals surface area contributed by atoms with E-state index in [2.05, 4.69) is 56.6 Å². The van der Waals surface area contributed by atoms with Crippen molar-refractivity contribution in [1.82, 2.24) is 19.2 Å². The van der Waals surface area contributed by atoms with Gasteiger partial charge in [-0.2, -0.15) is 0 Å². The first-order valence-electron chi connectivity index (χ1n) is 14.7. The minimum atomic E-state index is -0.642. The Labute approximate surface area is 231 Å². The maximum Gasteiger partial charge on any atom is 0.320 e. The number of hydrogen-bond acceptors (Lipinski definition) is 5. The standard InChI is InChI=1S/C32H42N4O3/c1-22-5-3-8-25(15-22)28-21-35(29(32(37)38)16-23-6-4-7-23)20-26(28)19-34-12-9-24(10-13-34)30-18-33-31-17-27(39-2)11-14-36(30)31/h3,5,8,11,14-15,17-18,23-24,26,28-29H,4,6-7,9-10,12-13,16,19-21H2,1-2H3,(H,37,38)/t26-,28+,29+/m0/s1. The number of methoxy groups -OCH3 is 1. The van der Waals surface area contributed by atoms with E-state index in [1.165, 1.54) is 36.1 Å². The van der Waals surface area contributed by atoms with Gasteiger partial charge < -0.3 is 19.1 Å². The van der Waals surface area contributed by atoms with Crippen LogP contribution in [-0.4, -0.2) is 76.1 Å². The summed E-state index contributed by atoms with van der Waals surface area (Å²) in [5, 5.41) is 10.2. The first kappa shape index (κ1) is 26.3. The fourth-order valence-corrected chi connectivity index (χ4v) is 7.23. The Bertz CT molecular complexity index is 1290. The van der Waals surface area contributed by atoms with Gasteiger partial charge in [0.15, 0.2) is 0 Å². The SMILES string of the molecule is COc1ccn2c(C3CCN(C[C@H]4CN([C@H](CC5CCC5)C(=O)O)C[C@@H]4c4cccc(C)c4)CC3)cnc2c1. The van der Waals surface area contributed by atoms with E-state index in [1.54, 1.807) is 7.11 Å². The number of nitrogens with zero attached hydrogens (tertiary/aromatic N) is 4. The van der Waals surface area contributed by atoms with Gasteiger partial charge in [-0.25, -0.2) is 4.98 Å². The van der Waals surface area contributed by atoms with E-state index in [-0.39, 0.29) is 6.04 Å². The first-order valence-corrected chi connectivity index (χ1v) is 14.7. The molecule has 4 heterocycles. The lowest BCUT2D eigenvalue weighted by Gasteiger charge is -2.35. The van der Waals surface area contributed by atoms with Gasteiger partial charge in [0.05, 0.1) is 7.11 Å². The third kappa shape index (κ3) is 5.57. The molecule has 2 aromatic heterocycles. The lowest BCUT2D eigenvalue weighted by Crippen LogP contribution is -2.43. The highest BCUT2D eigenvalue weighted by atomic mass is 16.5. The third-order valence-corrected chi connectivity index (χ3v) is 9.69. The molecule has 1 saturated carbocycles. The molecule has 1 aliphatic carbocycles. The second-order valence-corrected chi connectivity index (χ2v) is 12.2. The minimum absolute atomic E-state index is 0.355. The van der Waals surface area contributed by atoms with Crippen LogP contribution < -0.4 is 4.74 Å². The van der Waals surface area contributed by atoms with Crippen molar-refractivity contribution >= 4 is 11.6 Å². The second kappa shape index (κ2) is 11.3. The number of ether oxygens (including phenoxy) is 1. The van der Waals surface area contributed by atoms with E-state index < -0.39 is 5.97 Å². The number of benzene rings is 1. The van der Waals surface area contributed by atoms with E-state index in [1.807, 2.05) is 18.3 Å². The largest absolute Gasteiger partial charge is 0.497 e. The fourth-order valence-electron chi connectivity index (χ4n) is 7.23. The molecule has 39 heavy (non-hydrogen) atoms. The van der Waals surface area contributed by atoms with Gasteiger partial charge in [0.25, 0.3) is 0 Å². The van der Waals surface area contributed by atoms with Crippen molar-refractivity contribution in [3.8, 4) is 5.75 Å². The molecule has 7 nitrogen and oxygen atoms in total. The number of aliphatic carboxylic acids is 1. The van der Waals surface area contributed by atoms with Crippen LogP contribution in [0.4, 0.5) is 0 Å². The molecule has 0 spiro atoms. The summed E-state index contributed by atoms with van der Waals surface area (Å²) >= 11 is 0. The van der Waals surface area contributed by atoms with Crippen LogP contribution in [0, 0.1) is 18.8 Å². The zero-order chi connectivity index (χ0) is 26.9. The minimum Gasteiger partial charge on any atom is -0.497 e. The van der Waals surface area contributed by atoms with Crippen molar-refractivity contribution in [2.45, 2.75) is 63.3 Å². The summed E-state index contributed by atoms with van der Waals surface area (Å²) in [6.07, 6.45) is 10.8. The van der Waals surface area contributed by atoms with Crippen LogP contribution in [0.2, 0.25) is 0 Å². The van der Waals surface area contributed by atoms with E-state index in [0.29, 0.717) is 23.7 Å². The Morgan fingerprint density at radius 3 is 2.64 bits per heavy atom. The molecule has 0 bridgehead atoms. The second-order valence-electron chi connectivity index (χ2n) is 12.2. The lowest BCUT2D eigenvalue weighted by molar-refractivity contribution is -0.144. The summed E-state index contributed by atoms with van der Waals surface area (Å²) in [4.78, 5) is 21.9. The summed E-state index contributed by atoms with van der Waals surface area (Å²) in [5.41, 5.74) is 4.87. The third-order valence-electron chi connectivity index (χ3n) is 9.69. The maximum atomic E-state index is 12.4. The van der Waals surface area contributed by atoms with Gasteiger partial charge in [-0.3, -0.25) is 9.69 Å². The highest BCUT2D eigenvalue weighted by molar-refractivity contribution is 5.73. The molecule has 3 atom stereocenters. The molecular weight excluding hydrogens is 488 g/mol. The highest BCUT2D eigenvalue weighted by Crippen LogP contribution is 2.39. The van der Waals surface area contributed by atoms with Gasteiger partial charge in [-0.05, 0) is 62.7 Å². The lowest BCUT2D eigenvalue weighted by atomic mass is 9.80. The van der Waals surface area contributed by atoms with Crippen LogP contribution in [0.25, 0.3) is 5.65 Å². The summed E-state index contributed by atoms with van der Waals surface area (Å²) in [6, 6.07) is 12.5. The fraction of sp³-hybridized carbons (Fsp3) is 0.562. The van der Waals surface area contributed by atoms with Gasteiger partial charge in [0.2, 0.25) is 0 Å². The molecule has 1 N–H and O–H groups in total. The Morgan fingerprint density at radius 1 is 1.13 bits per heavy atom. The molecule has 2 aliphatic heterocycles. The number of rotatable bonds is 9. The van der Waals surface area contributed by atoms with E-state index >= 15 is 0 Å². The average molecular weight is 531 g/mol. The number of likely N-dealkylation sites (tertiary alicyclic amines) is 2. The number of carboxylic acids is 1. The van der Waals surface area contributed by atoms with Gasteiger partial charge in [0, 0.05) is 55.6 Å².